The van der Waals surface area contributed by atoms with Gasteiger partial charge in [0.05, 0.1) is 10.8 Å². The van der Waals surface area contributed by atoms with E-state index >= 15 is 0 Å². The van der Waals surface area contributed by atoms with Gasteiger partial charge in [0.15, 0.2) is 0 Å². The summed E-state index contributed by atoms with van der Waals surface area (Å²) in [6, 6.07) is 93.4. The van der Waals surface area contributed by atoms with Gasteiger partial charge in [0.25, 0.3) is 0 Å². The van der Waals surface area contributed by atoms with E-state index in [0.29, 0.717) is 0 Å². The number of nitrogens with zero attached hydrogens (tertiary/aromatic N) is 1. The van der Waals surface area contributed by atoms with E-state index in [0.717, 1.165) is 17.1 Å². The molecule has 0 N–H and O–H groups in total. The Bertz CT molecular complexity index is 3460. The highest BCUT2D eigenvalue weighted by atomic mass is 15.1. The van der Waals surface area contributed by atoms with E-state index in [1.807, 2.05) is 0 Å². The number of para-hydroxylation sites is 1. The molecule has 0 spiro atoms. The van der Waals surface area contributed by atoms with Gasteiger partial charge in [0.1, 0.15) is 0 Å². The lowest BCUT2D eigenvalue weighted by Crippen LogP contribution is -2.29. The van der Waals surface area contributed by atoms with E-state index in [-0.39, 0.29) is 5.41 Å². The molecule has 0 amide bonds. The van der Waals surface area contributed by atoms with Crippen molar-refractivity contribution < 1.29 is 0 Å². The maximum absolute atomic E-state index is 2.49. The second-order valence-electron chi connectivity index (χ2n) is 19.7. The fourth-order valence-corrected chi connectivity index (χ4v) is 11.7. The third-order valence-corrected chi connectivity index (χ3v) is 14.9. The highest BCUT2D eigenvalue weighted by molar-refractivity contribution is 5.92. The number of hydrogen-bond donors (Lipinski definition) is 0. The number of aryl methyl sites for hydroxylation is 1. The highest BCUT2D eigenvalue weighted by Crippen LogP contribution is 2.60. The van der Waals surface area contributed by atoms with Crippen LogP contribution in [0.25, 0.3) is 33.4 Å². The first-order chi connectivity index (χ1) is 33.3. The van der Waals surface area contributed by atoms with Crippen molar-refractivity contribution in [3.63, 3.8) is 0 Å². The zero-order valence-corrected chi connectivity index (χ0v) is 39.1. The van der Waals surface area contributed by atoms with E-state index in [1.165, 1.54) is 89.0 Å². The monoisotopic (exact) mass is 871 g/mol. The molecule has 0 radical (unpaired) electrons. The van der Waals surface area contributed by atoms with Gasteiger partial charge in [-0.05, 0) is 132 Å². The Balaban J connectivity index is 1.10. The molecule has 2 aliphatic rings. The second kappa shape index (κ2) is 16.1. The van der Waals surface area contributed by atoms with Gasteiger partial charge in [0.2, 0.25) is 0 Å². The van der Waals surface area contributed by atoms with Crippen molar-refractivity contribution in [3.05, 3.63) is 304 Å². The first kappa shape index (κ1) is 41.4. The molecule has 10 aromatic rings. The molecule has 0 heterocycles. The summed E-state index contributed by atoms with van der Waals surface area (Å²) < 4.78 is 0. The predicted molar refractivity (Wildman–Crippen MR) is 285 cm³/mol. The maximum Gasteiger partial charge on any atom is 0.0714 e. The molecule has 0 fully saturated rings. The van der Waals surface area contributed by atoms with Gasteiger partial charge in [-0.25, -0.2) is 0 Å². The van der Waals surface area contributed by atoms with Crippen LogP contribution in [0, 0.1) is 6.92 Å². The van der Waals surface area contributed by atoms with Crippen LogP contribution < -0.4 is 4.90 Å². The molecular formula is C67H53N. The van der Waals surface area contributed by atoms with Crippen LogP contribution in [0.3, 0.4) is 0 Å². The second-order valence-corrected chi connectivity index (χ2v) is 19.7. The third kappa shape index (κ3) is 6.37. The van der Waals surface area contributed by atoms with Crippen molar-refractivity contribution in [2.45, 2.75) is 43.9 Å². The number of rotatable bonds is 8. The van der Waals surface area contributed by atoms with Crippen molar-refractivity contribution >= 4 is 17.1 Å². The molecule has 0 bridgehead atoms. The van der Waals surface area contributed by atoms with Gasteiger partial charge in [-0.15, -0.1) is 0 Å². The average Bonchev–Trinajstić information content (AvgIpc) is 3.85. The van der Waals surface area contributed by atoms with Gasteiger partial charge in [-0.1, -0.05) is 239 Å². The Morgan fingerprint density at radius 1 is 0.309 bits per heavy atom. The lowest BCUT2D eigenvalue weighted by atomic mass is 9.67. The zero-order valence-electron chi connectivity index (χ0n) is 39.1. The zero-order chi connectivity index (χ0) is 46.0. The van der Waals surface area contributed by atoms with Crippen molar-refractivity contribution in [2.24, 2.45) is 0 Å². The molecule has 326 valence electrons. The minimum absolute atomic E-state index is 0.0349. The molecule has 10 aromatic carbocycles. The maximum atomic E-state index is 2.49. The molecule has 1 nitrogen and oxygen atoms in total. The normalized spacial score (nSPS) is 16.6. The Hall–Kier alpha value is -8.00. The fraction of sp³-hybridized carbons (Fsp3) is 0.104. The van der Waals surface area contributed by atoms with Crippen molar-refractivity contribution in [3.8, 4) is 33.4 Å². The summed E-state index contributed by atoms with van der Waals surface area (Å²) in [4.78, 5) is 2.48. The smallest absolute Gasteiger partial charge is 0.0714 e. The van der Waals surface area contributed by atoms with Crippen LogP contribution in [0.15, 0.2) is 249 Å². The molecule has 2 atom stereocenters. The van der Waals surface area contributed by atoms with Crippen LogP contribution in [0.1, 0.15) is 76.4 Å². The van der Waals surface area contributed by atoms with Crippen molar-refractivity contribution in [2.75, 3.05) is 4.90 Å². The minimum Gasteiger partial charge on any atom is -0.310 e. The largest absolute Gasteiger partial charge is 0.310 e. The molecule has 68 heavy (non-hydrogen) atoms. The Morgan fingerprint density at radius 2 is 0.691 bits per heavy atom. The fourth-order valence-electron chi connectivity index (χ4n) is 11.7. The van der Waals surface area contributed by atoms with E-state index in [4.69, 9.17) is 0 Å². The lowest BCUT2D eigenvalue weighted by Gasteiger charge is -2.36. The summed E-state index contributed by atoms with van der Waals surface area (Å²) in [5, 5.41) is 0. The number of anilines is 3. The standard InChI is InChI=1S/C67H53N/c1-46-28-32-51(33-29-46)67(52-34-30-48(31-35-52)47-18-8-5-9-19-47)62-27-17-15-25-58(62)60-43-41-56(45-64(60)67)68(54-22-12-7-13-23-54)55-40-42-59-57-24-14-16-26-61(57)66(63(59)44-55,50-20-10-6-11-21-50)53-38-36-49(37-39-53)65(2,3)4/h5-45H,1-4H3. The predicted octanol–water partition coefficient (Wildman–Crippen LogP) is 17.2. The molecule has 12 rings (SSSR count). The topological polar surface area (TPSA) is 3.24 Å². The first-order valence-corrected chi connectivity index (χ1v) is 24.0. The Labute approximate surface area is 401 Å². The number of benzene rings is 10. The summed E-state index contributed by atoms with van der Waals surface area (Å²) in [7, 11) is 0. The first-order valence-electron chi connectivity index (χ1n) is 24.0. The van der Waals surface area contributed by atoms with Gasteiger partial charge in [-0.2, -0.15) is 0 Å². The number of fused-ring (bicyclic) bond motifs is 6. The highest BCUT2D eigenvalue weighted by Gasteiger charge is 2.48. The van der Waals surface area contributed by atoms with Crippen LogP contribution in [-0.2, 0) is 16.2 Å². The SMILES string of the molecule is Cc1ccc(C2(c3ccc(-c4ccccc4)cc3)c3ccccc3-c3ccc(N(c4ccccc4)c4ccc5c(c4)C(c4ccccc4)(c4ccc(C(C)(C)C)cc4)c4ccccc4-5)cc32)cc1. The summed E-state index contributed by atoms with van der Waals surface area (Å²) in [6.45, 7) is 9.07. The van der Waals surface area contributed by atoms with Crippen LogP contribution in [0.5, 0.6) is 0 Å². The molecule has 0 saturated heterocycles. The van der Waals surface area contributed by atoms with Gasteiger partial charge < -0.3 is 4.90 Å². The van der Waals surface area contributed by atoms with Gasteiger partial charge in [-0.3, -0.25) is 0 Å². The molecule has 0 saturated carbocycles. The molecule has 0 aromatic heterocycles. The van der Waals surface area contributed by atoms with Gasteiger partial charge in [0, 0.05) is 17.1 Å². The third-order valence-electron chi connectivity index (χ3n) is 14.9. The van der Waals surface area contributed by atoms with Crippen LogP contribution in [-0.4, -0.2) is 0 Å². The van der Waals surface area contributed by atoms with Crippen LogP contribution in [0.4, 0.5) is 17.1 Å². The van der Waals surface area contributed by atoms with Crippen molar-refractivity contribution in [1.29, 1.82) is 0 Å². The molecule has 2 unspecified atom stereocenters. The molecule has 1 heteroatoms. The van der Waals surface area contributed by atoms with E-state index in [2.05, 4.69) is 281 Å². The minimum atomic E-state index is -0.575. The van der Waals surface area contributed by atoms with Crippen molar-refractivity contribution in [1.82, 2.24) is 0 Å². The quantitative estimate of drug-likeness (QED) is 0.147. The summed E-state index contributed by atoms with van der Waals surface area (Å²) in [6.07, 6.45) is 0. The summed E-state index contributed by atoms with van der Waals surface area (Å²) in [5.41, 5.74) is 22.5. The van der Waals surface area contributed by atoms with Crippen LogP contribution >= 0.6 is 0 Å². The van der Waals surface area contributed by atoms with Gasteiger partial charge >= 0.3 is 0 Å². The van der Waals surface area contributed by atoms with E-state index < -0.39 is 10.8 Å². The average molecular weight is 872 g/mol. The Kier molecular flexibility index (Phi) is 9.82. The summed E-state index contributed by atoms with van der Waals surface area (Å²) in [5.74, 6) is 0. The molecule has 2 aliphatic carbocycles. The number of hydrogen-bond acceptors (Lipinski definition) is 1. The van der Waals surface area contributed by atoms with E-state index in [1.54, 1.807) is 0 Å². The van der Waals surface area contributed by atoms with Crippen LogP contribution in [0.2, 0.25) is 0 Å². The lowest BCUT2D eigenvalue weighted by molar-refractivity contribution is 0.589. The summed E-state index contributed by atoms with van der Waals surface area (Å²) >= 11 is 0. The molecule has 0 aliphatic heterocycles. The molecular weight excluding hydrogens is 819 g/mol. The Morgan fingerprint density at radius 3 is 1.19 bits per heavy atom. The van der Waals surface area contributed by atoms with E-state index in [9.17, 15) is 0 Å².